The normalized spacial score (nSPS) is 10.7. The molecule has 0 heterocycles. The van der Waals surface area contributed by atoms with Crippen molar-refractivity contribution in [1.29, 1.82) is 0 Å². The van der Waals surface area contributed by atoms with Gasteiger partial charge in [0.15, 0.2) is 0 Å². The minimum absolute atomic E-state index is 0.188. The molecule has 3 aromatic rings. The number of hydrogen-bond donors (Lipinski definition) is 3. The van der Waals surface area contributed by atoms with Crippen molar-refractivity contribution in [2.24, 2.45) is 0 Å². The van der Waals surface area contributed by atoms with E-state index < -0.39 is 0 Å². The van der Waals surface area contributed by atoms with Crippen LogP contribution in [0.3, 0.4) is 0 Å². The van der Waals surface area contributed by atoms with Crippen molar-refractivity contribution in [3.8, 4) is 22.3 Å². The van der Waals surface area contributed by atoms with Gasteiger partial charge >= 0.3 is 0 Å². The number of nitrogen functional groups attached to an aromatic ring is 2. The van der Waals surface area contributed by atoms with E-state index in [1.807, 2.05) is 48.5 Å². The van der Waals surface area contributed by atoms with Crippen molar-refractivity contribution >= 4 is 11.4 Å². The lowest BCUT2D eigenvalue weighted by atomic mass is 9.92. The van der Waals surface area contributed by atoms with E-state index in [2.05, 4.69) is 18.2 Å². The van der Waals surface area contributed by atoms with E-state index in [4.69, 9.17) is 11.5 Å². The smallest absolute Gasteiger partial charge is 0.0434 e. The number of anilines is 2. The third-order valence-corrected chi connectivity index (χ3v) is 4.18. The lowest BCUT2D eigenvalue weighted by molar-refractivity contribution is 0.288. The van der Waals surface area contributed by atoms with Crippen molar-refractivity contribution in [1.82, 2.24) is 0 Å². The lowest BCUT2D eigenvalue weighted by Gasteiger charge is -2.13. The van der Waals surface area contributed by atoms with E-state index in [1.165, 1.54) is 11.1 Å². The molecule has 0 atom stereocenters. The molecule has 0 saturated heterocycles. The van der Waals surface area contributed by atoms with Gasteiger partial charge in [-0.1, -0.05) is 42.5 Å². The summed E-state index contributed by atoms with van der Waals surface area (Å²) >= 11 is 0. The highest BCUT2D eigenvalue weighted by molar-refractivity contribution is 5.75. The summed E-state index contributed by atoms with van der Waals surface area (Å²) in [6.45, 7) is 0.188. The average molecular weight is 318 g/mol. The van der Waals surface area contributed by atoms with Gasteiger partial charge in [-0.15, -0.1) is 0 Å². The van der Waals surface area contributed by atoms with Crippen molar-refractivity contribution in [3.05, 3.63) is 72.3 Å². The topological polar surface area (TPSA) is 72.3 Å². The van der Waals surface area contributed by atoms with Crippen LogP contribution in [0, 0.1) is 0 Å². The van der Waals surface area contributed by atoms with Crippen LogP contribution < -0.4 is 11.5 Å². The fourth-order valence-corrected chi connectivity index (χ4v) is 2.87. The monoisotopic (exact) mass is 318 g/mol. The Morgan fingerprint density at radius 3 is 1.79 bits per heavy atom. The first-order chi connectivity index (χ1) is 11.7. The van der Waals surface area contributed by atoms with Crippen molar-refractivity contribution in [3.63, 3.8) is 0 Å². The second-order valence-electron chi connectivity index (χ2n) is 5.94. The third-order valence-electron chi connectivity index (χ3n) is 4.18. The summed E-state index contributed by atoms with van der Waals surface area (Å²) < 4.78 is 0. The van der Waals surface area contributed by atoms with Gasteiger partial charge in [-0.3, -0.25) is 0 Å². The number of aliphatic hydroxyl groups is 1. The SMILES string of the molecule is Nc1ccc(-c2ccc(-c3ccc(N)cc3)c(CCCO)c2)cc1. The summed E-state index contributed by atoms with van der Waals surface area (Å²) in [6, 6.07) is 22.3. The predicted octanol–water partition coefficient (Wildman–Crippen LogP) is 4.11. The van der Waals surface area contributed by atoms with Crippen LogP contribution in [0.5, 0.6) is 0 Å². The Balaban J connectivity index is 2.02. The minimum Gasteiger partial charge on any atom is -0.399 e. The Hall–Kier alpha value is -2.78. The molecule has 3 heteroatoms. The third kappa shape index (κ3) is 3.58. The van der Waals surface area contributed by atoms with Gasteiger partial charge in [0.2, 0.25) is 0 Å². The largest absolute Gasteiger partial charge is 0.399 e. The van der Waals surface area contributed by atoms with E-state index in [-0.39, 0.29) is 6.61 Å². The van der Waals surface area contributed by atoms with Gasteiger partial charge in [0.1, 0.15) is 0 Å². The van der Waals surface area contributed by atoms with Crippen LogP contribution in [0.15, 0.2) is 66.7 Å². The first-order valence-electron chi connectivity index (χ1n) is 8.13. The quantitative estimate of drug-likeness (QED) is 0.620. The van der Waals surface area contributed by atoms with E-state index >= 15 is 0 Å². The fourth-order valence-electron chi connectivity index (χ4n) is 2.87. The molecule has 0 aliphatic heterocycles. The van der Waals surface area contributed by atoms with Crippen LogP contribution in [-0.4, -0.2) is 11.7 Å². The minimum atomic E-state index is 0.188. The number of rotatable bonds is 5. The number of aryl methyl sites for hydroxylation is 1. The Morgan fingerprint density at radius 2 is 1.21 bits per heavy atom. The van der Waals surface area contributed by atoms with Gasteiger partial charge < -0.3 is 16.6 Å². The van der Waals surface area contributed by atoms with Crippen LogP contribution >= 0.6 is 0 Å². The molecule has 3 rings (SSSR count). The number of benzene rings is 3. The standard InChI is InChI=1S/C21H22N2O/c22-19-8-3-15(4-9-19)17-7-12-21(18(14-17)2-1-13-24)16-5-10-20(23)11-6-16/h3-12,14,24H,1-2,13,22-23H2. The Labute approximate surface area is 142 Å². The van der Waals surface area contributed by atoms with Crippen LogP contribution in [0.4, 0.5) is 11.4 Å². The van der Waals surface area contributed by atoms with Crippen molar-refractivity contribution in [2.75, 3.05) is 18.1 Å². The van der Waals surface area contributed by atoms with E-state index in [1.54, 1.807) is 0 Å². The molecule has 122 valence electrons. The van der Waals surface area contributed by atoms with Gasteiger partial charge in [-0.25, -0.2) is 0 Å². The molecule has 0 unspecified atom stereocenters. The second-order valence-corrected chi connectivity index (χ2v) is 5.94. The van der Waals surface area contributed by atoms with Crippen LogP contribution in [0.1, 0.15) is 12.0 Å². The summed E-state index contributed by atoms with van der Waals surface area (Å²) in [5.74, 6) is 0. The molecule has 0 spiro atoms. The van der Waals surface area contributed by atoms with E-state index in [9.17, 15) is 5.11 Å². The van der Waals surface area contributed by atoms with E-state index in [0.717, 1.165) is 40.9 Å². The zero-order valence-corrected chi connectivity index (χ0v) is 13.6. The van der Waals surface area contributed by atoms with Crippen molar-refractivity contribution < 1.29 is 5.11 Å². The zero-order chi connectivity index (χ0) is 16.9. The van der Waals surface area contributed by atoms with Gasteiger partial charge in [-0.05, 0) is 64.9 Å². The maximum atomic E-state index is 9.21. The highest BCUT2D eigenvalue weighted by atomic mass is 16.2. The molecule has 0 aromatic heterocycles. The van der Waals surface area contributed by atoms with Gasteiger partial charge in [0.25, 0.3) is 0 Å². The summed E-state index contributed by atoms with van der Waals surface area (Å²) in [7, 11) is 0. The van der Waals surface area contributed by atoms with Gasteiger partial charge in [0.05, 0.1) is 0 Å². The zero-order valence-electron chi connectivity index (χ0n) is 13.6. The van der Waals surface area contributed by atoms with Crippen molar-refractivity contribution in [2.45, 2.75) is 12.8 Å². The number of aliphatic hydroxyl groups excluding tert-OH is 1. The molecule has 0 fully saturated rings. The fraction of sp³-hybridized carbons (Fsp3) is 0.143. The van der Waals surface area contributed by atoms with Gasteiger partial charge in [-0.2, -0.15) is 0 Å². The Morgan fingerprint density at radius 1 is 0.667 bits per heavy atom. The molecule has 24 heavy (non-hydrogen) atoms. The van der Waals surface area contributed by atoms with Crippen LogP contribution in [0.2, 0.25) is 0 Å². The lowest BCUT2D eigenvalue weighted by Crippen LogP contribution is -1.95. The highest BCUT2D eigenvalue weighted by Gasteiger charge is 2.08. The molecule has 0 amide bonds. The Bertz CT molecular complexity index is 808. The average Bonchev–Trinajstić information content (AvgIpc) is 2.61. The highest BCUT2D eigenvalue weighted by Crippen LogP contribution is 2.30. The summed E-state index contributed by atoms with van der Waals surface area (Å²) in [5, 5.41) is 9.21. The first-order valence-corrected chi connectivity index (χ1v) is 8.13. The molecule has 0 aliphatic carbocycles. The van der Waals surface area contributed by atoms with Gasteiger partial charge in [0, 0.05) is 18.0 Å². The maximum absolute atomic E-state index is 9.21. The predicted molar refractivity (Wildman–Crippen MR) is 102 cm³/mol. The molecular weight excluding hydrogens is 296 g/mol. The maximum Gasteiger partial charge on any atom is 0.0434 e. The molecule has 0 aliphatic rings. The number of hydrogen-bond acceptors (Lipinski definition) is 3. The molecule has 3 nitrogen and oxygen atoms in total. The molecule has 3 aromatic carbocycles. The molecule has 0 radical (unpaired) electrons. The first kappa shape index (κ1) is 16.1. The van der Waals surface area contributed by atoms with Crippen LogP contribution in [0.25, 0.3) is 22.3 Å². The summed E-state index contributed by atoms with van der Waals surface area (Å²) in [5.41, 5.74) is 18.9. The molecule has 0 bridgehead atoms. The second kappa shape index (κ2) is 7.20. The summed E-state index contributed by atoms with van der Waals surface area (Å²) in [6.07, 6.45) is 1.58. The number of nitrogens with two attached hydrogens (primary N) is 2. The van der Waals surface area contributed by atoms with Crippen LogP contribution in [-0.2, 0) is 6.42 Å². The van der Waals surface area contributed by atoms with E-state index in [0.29, 0.717) is 0 Å². The molecule has 5 N–H and O–H groups in total. The summed E-state index contributed by atoms with van der Waals surface area (Å²) in [4.78, 5) is 0. The molecular formula is C21H22N2O. The Kier molecular flexibility index (Phi) is 4.82. The molecule has 0 saturated carbocycles.